The van der Waals surface area contributed by atoms with Crippen molar-refractivity contribution in [3.05, 3.63) is 85.1 Å². The van der Waals surface area contributed by atoms with Gasteiger partial charge in [0, 0.05) is 19.4 Å². The lowest BCUT2D eigenvalue weighted by Gasteiger charge is -2.15. The summed E-state index contributed by atoms with van der Waals surface area (Å²) < 4.78 is 27.0. The Hall–Kier alpha value is -2.81. The summed E-state index contributed by atoms with van der Waals surface area (Å²) >= 11 is 0. The highest BCUT2D eigenvalue weighted by atomic mass is 31.2. The highest BCUT2D eigenvalue weighted by molar-refractivity contribution is 7.47. The van der Waals surface area contributed by atoms with Crippen LogP contribution in [0.2, 0.25) is 0 Å². The van der Waals surface area contributed by atoms with Crippen molar-refractivity contribution in [2.45, 2.75) is 213 Å². The van der Waals surface area contributed by atoms with Crippen LogP contribution < -0.4 is 5.32 Å². The molecule has 0 aliphatic carbocycles. The smallest absolute Gasteiger partial charge is 0.463 e. The second-order valence-electron chi connectivity index (χ2n) is 16.4. The molecule has 10 heteroatoms. The fourth-order valence-corrected chi connectivity index (χ4v) is 7.31. The van der Waals surface area contributed by atoms with E-state index in [4.69, 9.17) is 13.8 Å². The first-order valence-corrected chi connectivity index (χ1v) is 26.6. The average molecular weight is 902 g/mol. The van der Waals surface area contributed by atoms with Crippen molar-refractivity contribution < 1.29 is 37.9 Å². The zero-order valence-electron chi connectivity index (χ0n) is 40.0. The summed E-state index contributed by atoms with van der Waals surface area (Å²) in [7, 11) is -4.44. The molecule has 0 aromatic carbocycles. The van der Waals surface area contributed by atoms with Gasteiger partial charge >= 0.3 is 13.8 Å². The molecular weight excluding hydrogens is 810 g/mol. The SMILES string of the molecule is CC/C=C\C/C=C\C/C=C\C/C=C\C/C=C\C/C=C\CCCCC(=O)NCCOP(=O)(O)OCC(O)COC(=O)CCCCCCCCCCCCC/C=C/CCCCCCCC. The van der Waals surface area contributed by atoms with Crippen LogP contribution in [0.4, 0.5) is 0 Å². The van der Waals surface area contributed by atoms with E-state index in [2.05, 4.69) is 104 Å². The predicted molar refractivity (Wildman–Crippen MR) is 266 cm³/mol. The van der Waals surface area contributed by atoms with Gasteiger partial charge in [-0.1, -0.05) is 189 Å². The number of unbranched alkanes of at least 4 members (excludes halogenated alkanes) is 19. The number of rotatable bonds is 46. The summed E-state index contributed by atoms with van der Waals surface area (Å²) in [6, 6.07) is 0. The Morgan fingerprint density at radius 1 is 0.508 bits per heavy atom. The number of amides is 1. The molecule has 0 aromatic rings. The lowest BCUT2D eigenvalue weighted by atomic mass is 10.0. The van der Waals surface area contributed by atoms with Crippen molar-refractivity contribution in [3.8, 4) is 0 Å². The van der Waals surface area contributed by atoms with E-state index in [1.165, 1.54) is 103 Å². The Balaban J connectivity index is 3.65. The highest BCUT2D eigenvalue weighted by Crippen LogP contribution is 2.42. The molecule has 0 radical (unpaired) electrons. The maximum Gasteiger partial charge on any atom is 0.472 e. The number of phosphoric acid groups is 1. The maximum atomic E-state index is 12.1. The lowest BCUT2D eigenvalue weighted by Crippen LogP contribution is -2.27. The summed E-state index contributed by atoms with van der Waals surface area (Å²) in [5.41, 5.74) is 0. The number of aliphatic hydroxyl groups excluding tert-OH is 1. The van der Waals surface area contributed by atoms with E-state index in [0.29, 0.717) is 6.42 Å². The standard InChI is InChI=1S/C53H92NO8P/c1-3-5-7-9-11-13-15-17-19-21-23-25-27-29-31-33-35-37-39-41-43-45-52(56)54-47-48-61-63(58,59)62-50-51(55)49-60-53(57)46-44-42-40-38-36-34-32-30-28-26-24-22-20-18-16-14-12-10-8-6-4-2/h5,7,11,13,17-20,23,25,29,31,35,37,51,55H,3-4,6,8-10,12,14-16,21-22,24,26-28,30,32-34,36,38-50H2,1-2H3,(H,54,56)(H,58,59)/b7-5-,13-11-,19-17-,20-18+,25-23-,31-29-,37-35-. The zero-order valence-corrected chi connectivity index (χ0v) is 40.9. The van der Waals surface area contributed by atoms with Crippen molar-refractivity contribution in [1.82, 2.24) is 5.32 Å². The second kappa shape index (κ2) is 48.6. The first-order chi connectivity index (χ1) is 30.8. The molecular formula is C53H92NO8P. The Labute approximate surface area is 385 Å². The van der Waals surface area contributed by atoms with Crippen LogP contribution in [-0.4, -0.2) is 54.3 Å². The average Bonchev–Trinajstić information content (AvgIpc) is 3.27. The Morgan fingerprint density at radius 2 is 0.905 bits per heavy atom. The minimum absolute atomic E-state index is 0.0535. The van der Waals surface area contributed by atoms with Gasteiger partial charge in [-0.15, -0.1) is 0 Å². The normalized spacial score (nSPS) is 13.9. The summed E-state index contributed by atoms with van der Waals surface area (Å²) in [5, 5.41) is 12.7. The van der Waals surface area contributed by atoms with Crippen LogP contribution >= 0.6 is 7.82 Å². The third-order valence-corrected chi connectivity index (χ3v) is 11.3. The van der Waals surface area contributed by atoms with Gasteiger partial charge < -0.3 is 20.1 Å². The lowest BCUT2D eigenvalue weighted by molar-refractivity contribution is -0.147. The number of allylic oxidation sites excluding steroid dienone is 14. The van der Waals surface area contributed by atoms with E-state index in [1.807, 2.05) is 0 Å². The minimum atomic E-state index is -4.44. The van der Waals surface area contributed by atoms with Gasteiger partial charge in [0.05, 0.1) is 13.2 Å². The summed E-state index contributed by atoms with van der Waals surface area (Å²) in [6.45, 7) is 3.39. The number of phosphoric ester groups is 1. The molecule has 0 bridgehead atoms. The third-order valence-electron chi connectivity index (χ3n) is 10.3. The molecule has 2 unspecified atom stereocenters. The van der Waals surface area contributed by atoms with Crippen molar-refractivity contribution >= 4 is 19.7 Å². The predicted octanol–water partition coefficient (Wildman–Crippen LogP) is 14.8. The van der Waals surface area contributed by atoms with Crippen LogP contribution in [0.3, 0.4) is 0 Å². The topological polar surface area (TPSA) is 131 Å². The molecule has 1 amide bonds. The van der Waals surface area contributed by atoms with Crippen LogP contribution in [0.5, 0.6) is 0 Å². The number of hydrogen-bond acceptors (Lipinski definition) is 7. The molecule has 0 aliphatic rings. The van der Waals surface area contributed by atoms with Crippen molar-refractivity contribution in [1.29, 1.82) is 0 Å². The quantitative estimate of drug-likeness (QED) is 0.0238. The molecule has 362 valence electrons. The van der Waals surface area contributed by atoms with Gasteiger partial charge in [-0.2, -0.15) is 0 Å². The first-order valence-electron chi connectivity index (χ1n) is 25.1. The summed E-state index contributed by atoms with van der Waals surface area (Å²) in [6.07, 6.45) is 62.4. The second-order valence-corrected chi connectivity index (χ2v) is 17.9. The number of carbonyl (C=O) groups is 2. The molecule has 0 aromatic heterocycles. The molecule has 3 N–H and O–H groups in total. The van der Waals surface area contributed by atoms with Gasteiger partial charge in [-0.25, -0.2) is 4.57 Å². The molecule has 0 saturated heterocycles. The Bertz CT molecular complexity index is 1300. The molecule has 0 saturated carbocycles. The number of esters is 1. The van der Waals surface area contributed by atoms with Crippen molar-refractivity contribution in [2.24, 2.45) is 0 Å². The van der Waals surface area contributed by atoms with E-state index in [-0.39, 0.29) is 32.1 Å². The Kier molecular flexibility index (Phi) is 46.5. The number of ether oxygens (including phenoxy) is 1. The van der Waals surface area contributed by atoms with Crippen molar-refractivity contribution in [2.75, 3.05) is 26.4 Å². The number of carbonyl (C=O) groups excluding carboxylic acids is 2. The molecule has 0 spiro atoms. The number of hydrogen-bond donors (Lipinski definition) is 3. The number of nitrogens with one attached hydrogen (secondary N) is 1. The van der Waals surface area contributed by atoms with Gasteiger partial charge in [-0.05, 0) is 89.9 Å². The van der Waals surface area contributed by atoms with Crippen LogP contribution in [0.25, 0.3) is 0 Å². The molecule has 2 atom stereocenters. The van der Waals surface area contributed by atoms with Crippen LogP contribution in [0.1, 0.15) is 206 Å². The molecule has 63 heavy (non-hydrogen) atoms. The zero-order chi connectivity index (χ0) is 46.0. The monoisotopic (exact) mass is 902 g/mol. The van der Waals surface area contributed by atoms with E-state index >= 15 is 0 Å². The van der Waals surface area contributed by atoms with Gasteiger partial charge in [0.25, 0.3) is 0 Å². The van der Waals surface area contributed by atoms with Gasteiger partial charge in [0.2, 0.25) is 5.91 Å². The van der Waals surface area contributed by atoms with Gasteiger partial charge in [-0.3, -0.25) is 18.6 Å². The van der Waals surface area contributed by atoms with Gasteiger partial charge in [0.15, 0.2) is 0 Å². The molecule has 0 fully saturated rings. The molecule has 0 rings (SSSR count). The van der Waals surface area contributed by atoms with E-state index in [9.17, 15) is 24.2 Å². The number of aliphatic hydroxyl groups is 1. The van der Waals surface area contributed by atoms with Crippen molar-refractivity contribution in [3.63, 3.8) is 0 Å². The molecule has 9 nitrogen and oxygen atoms in total. The maximum absolute atomic E-state index is 12.1. The fourth-order valence-electron chi connectivity index (χ4n) is 6.55. The molecule has 0 heterocycles. The van der Waals surface area contributed by atoms with Gasteiger partial charge in [0.1, 0.15) is 12.7 Å². The third kappa shape index (κ3) is 50.1. The summed E-state index contributed by atoms with van der Waals surface area (Å²) in [4.78, 5) is 34.0. The van der Waals surface area contributed by atoms with Crippen LogP contribution in [0, 0.1) is 0 Å². The van der Waals surface area contributed by atoms with Crippen LogP contribution in [0.15, 0.2) is 85.1 Å². The van der Waals surface area contributed by atoms with Crippen LogP contribution in [-0.2, 0) is 27.9 Å². The summed E-state index contributed by atoms with van der Waals surface area (Å²) in [5.74, 6) is -0.563. The van der Waals surface area contributed by atoms with E-state index in [1.54, 1.807) is 0 Å². The van der Waals surface area contributed by atoms with E-state index < -0.39 is 26.5 Å². The fraction of sp³-hybridized carbons (Fsp3) is 0.698. The minimum Gasteiger partial charge on any atom is -0.463 e. The van der Waals surface area contributed by atoms with E-state index in [0.717, 1.165) is 77.0 Å². The molecule has 0 aliphatic heterocycles. The highest BCUT2D eigenvalue weighted by Gasteiger charge is 2.23. The Morgan fingerprint density at radius 3 is 1.40 bits per heavy atom. The largest absolute Gasteiger partial charge is 0.472 e. The first kappa shape index (κ1) is 60.2.